The maximum atomic E-state index is 10.6. The van der Waals surface area contributed by atoms with Crippen molar-refractivity contribution in [3.63, 3.8) is 0 Å². The highest BCUT2D eigenvalue weighted by Crippen LogP contribution is 2.45. The molecule has 0 aliphatic heterocycles. The van der Waals surface area contributed by atoms with Gasteiger partial charge in [-0.2, -0.15) is 0 Å². The highest BCUT2D eigenvalue weighted by molar-refractivity contribution is 6.33. The molecule has 1 aromatic rings. The average molecular weight is 294 g/mol. The first-order valence-electron chi connectivity index (χ1n) is 7.94. The van der Waals surface area contributed by atoms with E-state index in [1.54, 1.807) is 0 Å². The van der Waals surface area contributed by atoms with E-state index in [-0.39, 0.29) is 11.3 Å². The fraction of sp³-hybridized carbons (Fsp3) is 0.647. The molecule has 1 saturated carbocycles. The van der Waals surface area contributed by atoms with Crippen molar-refractivity contribution in [3.8, 4) is 5.75 Å². The van der Waals surface area contributed by atoms with E-state index >= 15 is 0 Å². The fourth-order valence-corrected chi connectivity index (χ4v) is 4.17. The number of aromatic hydroxyl groups is 1. The summed E-state index contributed by atoms with van der Waals surface area (Å²) < 4.78 is 0. The van der Waals surface area contributed by atoms with Crippen molar-refractivity contribution in [3.05, 3.63) is 27.8 Å². The van der Waals surface area contributed by atoms with Crippen molar-refractivity contribution in [2.75, 3.05) is 0 Å². The Morgan fingerprint density at radius 3 is 2.40 bits per heavy atom. The number of benzene rings is 1. The van der Waals surface area contributed by atoms with Gasteiger partial charge in [-0.15, -0.1) is 0 Å². The summed E-state index contributed by atoms with van der Waals surface area (Å²) in [6, 6.07) is 2.16. The average Bonchev–Trinajstić information content (AvgIpc) is 2.69. The molecule has 0 atom stereocenters. The highest BCUT2D eigenvalue weighted by atomic mass is 35.5. The quantitative estimate of drug-likeness (QED) is 0.752. The van der Waals surface area contributed by atoms with Crippen molar-refractivity contribution < 1.29 is 5.11 Å². The Morgan fingerprint density at radius 2 is 1.65 bits per heavy atom. The Balaban J connectivity index is 2.07. The monoisotopic (exact) mass is 293 g/mol. The third-order valence-electron chi connectivity index (χ3n) is 5.09. The van der Waals surface area contributed by atoms with E-state index in [1.165, 1.54) is 31.2 Å². The van der Waals surface area contributed by atoms with Gasteiger partial charge in [0.15, 0.2) is 0 Å². The van der Waals surface area contributed by atoms with Gasteiger partial charge < -0.3 is 10.8 Å². The maximum Gasteiger partial charge on any atom is 0.139 e. The molecule has 1 fully saturated rings. The van der Waals surface area contributed by atoms with Crippen LogP contribution in [-0.4, -0.2) is 5.11 Å². The molecule has 2 aliphatic rings. The van der Waals surface area contributed by atoms with Crippen LogP contribution in [0.25, 0.3) is 0 Å². The fourth-order valence-electron chi connectivity index (χ4n) is 3.85. The van der Waals surface area contributed by atoms with Crippen LogP contribution in [0.2, 0.25) is 5.02 Å². The van der Waals surface area contributed by atoms with Crippen LogP contribution in [0.1, 0.15) is 68.1 Å². The summed E-state index contributed by atoms with van der Waals surface area (Å²) >= 11 is 6.46. The number of phenols is 1. The van der Waals surface area contributed by atoms with Gasteiger partial charge in [0, 0.05) is 11.1 Å². The zero-order chi connectivity index (χ0) is 14.2. The van der Waals surface area contributed by atoms with Gasteiger partial charge >= 0.3 is 0 Å². The number of hydrogen-bond acceptors (Lipinski definition) is 2. The highest BCUT2D eigenvalue weighted by Gasteiger charge is 2.34. The van der Waals surface area contributed by atoms with Crippen LogP contribution in [0, 0.1) is 0 Å². The topological polar surface area (TPSA) is 46.2 Å². The van der Waals surface area contributed by atoms with Crippen LogP contribution in [-0.2, 0) is 18.4 Å². The standard InChI is InChI=1S/C17H24ClNO/c18-15-13-8-4-1-3-7-12(13)11-14(16(15)20)17(19)9-5-2-6-10-17/h11,20H,1-10,19H2. The number of phenolic OH excluding ortho intramolecular Hbond substituents is 1. The maximum absolute atomic E-state index is 10.6. The molecule has 0 saturated heterocycles. The van der Waals surface area contributed by atoms with E-state index in [0.29, 0.717) is 5.02 Å². The van der Waals surface area contributed by atoms with Gasteiger partial charge in [0.1, 0.15) is 5.75 Å². The van der Waals surface area contributed by atoms with Crippen LogP contribution in [0.3, 0.4) is 0 Å². The number of nitrogens with two attached hydrogens (primary N) is 1. The lowest BCUT2D eigenvalue weighted by Gasteiger charge is -2.35. The smallest absolute Gasteiger partial charge is 0.139 e. The van der Waals surface area contributed by atoms with Gasteiger partial charge in [0.25, 0.3) is 0 Å². The Bertz CT molecular complexity index is 506. The lowest BCUT2D eigenvalue weighted by Crippen LogP contribution is -2.38. The number of aryl methyl sites for hydroxylation is 1. The van der Waals surface area contributed by atoms with Gasteiger partial charge in [-0.05, 0) is 55.7 Å². The molecule has 0 unspecified atom stereocenters. The van der Waals surface area contributed by atoms with Gasteiger partial charge in [-0.1, -0.05) is 37.3 Å². The molecular formula is C17H24ClNO. The summed E-state index contributed by atoms with van der Waals surface area (Å²) in [6.07, 6.45) is 11.1. The summed E-state index contributed by atoms with van der Waals surface area (Å²) in [7, 11) is 0. The molecule has 1 aromatic carbocycles. The summed E-state index contributed by atoms with van der Waals surface area (Å²) in [5, 5.41) is 11.1. The molecular weight excluding hydrogens is 270 g/mol. The Kier molecular flexibility index (Phi) is 3.96. The first kappa shape index (κ1) is 14.2. The minimum absolute atomic E-state index is 0.247. The minimum Gasteiger partial charge on any atom is -0.506 e. The third-order valence-corrected chi connectivity index (χ3v) is 5.50. The third kappa shape index (κ3) is 2.44. The molecule has 0 spiro atoms. The van der Waals surface area contributed by atoms with E-state index in [2.05, 4.69) is 6.07 Å². The molecule has 0 amide bonds. The van der Waals surface area contributed by atoms with E-state index in [1.807, 2.05) is 0 Å². The lowest BCUT2D eigenvalue weighted by molar-refractivity contribution is 0.292. The van der Waals surface area contributed by atoms with Gasteiger partial charge in [-0.25, -0.2) is 0 Å². The normalized spacial score (nSPS) is 22.1. The molecule has 0 radical (unpaired) electrons. The summed E-state index contributed by atoms with van der Waals surface area (Å²) in [5.41, 5.74) is 9.59. The molecule has 2 nitrogen and oxygen atoms in total. The first-order chi connectivity index (χ1) is 9.62. The van der Waals surface area contributed by atoms with Crippen molar-refractivity contribution in [2.24, 2.45) is 5.73 Å². The van der Waals surface area contributed by atoms with Crippen LogP contribution in [0.5, 0.6) is 5.75 Å². The lowest BCUT2D eigenvalue weighted by atomic mass is 9.76. The summed E-state index contributed by atoms with van der Waals surface area (Å²) in [4.78, 5) is 0. The largest absolute Gasteiger partial charge is 0.506 e. The van der Waals surface area contributed by atoms with Crippen LogP contribution in [0.4, 0.5) is 0 Å². The van der Waals surface area contributed by atoms with E-state index in [9.17, 15) is 5.11 Å². The van der Waals surface area contributed by atoms with E-state index in [4.69, 9.17) is 17.3 Å². The molecule has 110 valence electrons. The Hall–Kier alpha value is -0.730. The second kappa shape index (κ2) is 5.57. The molecule has 2 aliphatic carbocycles. The van der Waals surface area contributed by atoms with E-state index in [0.717, 1.165) is 49.7 Å². The van der Waals surface area contributed by atoms with Crippen molar-refractivity contribution in [2.45, 2.75) is 69.7 Å². The molecule has 0 aromatic heterocycles. The SMILES string of the molecule is NC1(c2cc3c(c(Cl)c2O)CCCCC3)CCCCC1. The zero-order valence-electron chi connectivity index (χ0n) is 12.1. The number of rotatable bonds is 1. The second-order valence-electron chi connectivity index (χ2n) is 6.50. The molecule has 20 heavy (non-hydrogen) atoms. The van der Waals surface area contributed by atoms with Crippen molar-refractivity contribution >= 4 is 11.6 Å². The minimum atomic E-state index is -0.382. The van der Waals surface area contributed by atoms with Gasteiger partial charge in [0.05, 0.1) is 5.02 Å². The summed E-state index contributed by atoms with van der Waals surface area (Å²) in [5.74, 6) is 0.247. The molecule has 3 heteroatoms. The zero-order valence-corrected chi connectivity index (χ0v) is 12.8. The number of hydrogen-bond donors (Lipinski definition) is 2. The molecule has 3 rings (SSSR count). The Morgan fingerprint density at radius 1 is 1.00 bits per heavy atom. The number of halogens is 1. The van der Waals surface area contributed by atoms with Crippen molar-refractivity contribution in [1.82, 2.24) is 0 Å². The predicted octanol–water partition coefficient (Wildman–Crippen LogP) is 4.43. The van der Waals surface area contributed by atoms with E-state index < -0.39 is 0 Å². The van der Waals surface area contributed by atoms with Crippen LogP contribution < -0.4 is 5.73 Å². The molecule has 0 heterocycles. The van der Waals surface area contributed by atoms with Crippen LogP contribution in [0.15, 0.2) is 6.07 Å². The van der Waals surface area contributed by atoms with Crippen LogP contribution >= 0.6 is 11.6 Å². The molecule has 3 N–H and O–H groups in total. The Labute approximate surface area is 126 Å². The number of fused-ring (bicyclic) bond motifs is 1. The predicted molar refractivity (Wildman–Crippen MR) is 83.3 cm³/mol. The van der Waals surface area contributed by atoms with Gasteiger partial charge in [0.2, 0.25) is 0 Å². The molecule has 0 bridgehead atoms. The van der Waals surface area contributed by atoms with Crippen molar-refractivity contribution in [1.29, 1.82) is 0 Å². The summed E-state index contributed by atoms with van der Waals surface area (Å²) in [6.45, 7) is 0. The second-order valence-corrected chi connectivity index (χ2v) is 6.88. The van der Waals surface area contributed by atoms with Gasteiger partial charge in [-0.3, -0.25) is 0 Å². The first-order valence-corrected chi connectivity index (χ1v) is 8.32.